The number of amides is 1. The van der Waals surface area contributed by atoms with Crippen molar-refractivity contribution in [3.05, 3.63) is 33.8 Å². The van der Waals surface area contributed by atoms with Gasteiger partial charge in [0.05, 0.1) is 0 Å². The molecule has 0 bridgehead atoms. The average molecular weight is 260 g/mol. The van der Waals surface area contributed by atoms with E-state index in [0.717, 1.165) is 0 Å². The summed E-state index contributed by atoms with van der Waals surface area (Å²) < 4.78 is 14.1. The van der Waals surface area contributed by atoms with Gasteiger partial charge in [-0.2, -0.15) is 0 Å². The maximum atomic E-state index is 13.4. The molecule has 1 amide bonds. The summed E-state index contributed by atoms with van der Waals surface area (Å²) in [6, 6.07) is 4.66. The predicted octanol–water partition coefficient (Wildman–Crippen LogP) is 1.52. The van der Waals surface area contributed by atoms with Gasteiger partial charge in [-0.25, -0.2) is 4.39 Å². The number of aliphatic hydroxyl groups excluding tert-OH is 1. The van der Waals surface area contributed by atoms with Crippen LogP contribution in [-0.2, 0) is 0 Å². The van der Waals surface area contributed by atoms with Crippen LogP contribution in [0.5, 0.6) is 0 Å². The smallest absolute Gasteiger partial charge is 0.253 e. The molecule has 2 unspecified atom stereocenters. The highest BCUT2D eigenvalue weighted by Gasteiger charge is 2.32. The quantitative estimate of drug-likeness (QED) is 0.743. The Morgan fingerprint density at radius 2 is 2.21 bits per heavy atom. The van der Waals surface area contributed by atoms with Gasteiger partial charge in [-0.1, -0.05) is 22.0 Å². The van der Waals surface area contributed by atoms with Gasteiger partial charge in [0, 0.05) is 15.6 Å². The van der Waals surface area contributed by atoms with Crippen LogP contribution in [0.4, 0.5) is 4.39 Å². The van der Waals surface area contributed by atoms with E-state index in [9.17, 15) is 9.18 Å². The Hall–Kier alpha value is -0.940. The van der Waals surface area contributed by atoms with Gasteiger partial charge >= 0.3 is 0 Å². The third-order valence-corrected chi connectivity index (χ3v) is 2.61. The molecule has 0 fully saturated rings. The number of benzene rings is 1. The SMILES string of the molecule is O=C1NC(O)C(F)c2ccc(Br)cc21. The topological polar surface area (TPSA) is 49.3 Å². The lowest BCUT2D eigenvalue weighted by molar-refractivity contribution is 0.0350. The Morgan fingerprint density at radius 1 is 1.50 bits per heavy atom. The van der Waals surface area contributed by atoms with Crippen molar-refractivity contribution in [2.45, 2.75) is 12.4 Å². The monoisotopic (exact) mass is 259 g/mol. The molecule has 2 rings (SSSR count). The van der Waals surface area contributed by atoms with E-state index in [0.29, 0.717) is 4.47 Å². The molecule has 1 aromatic carbocycles. The van der Waals surface area contributed by atoms with Gasteiger partial charge in [0.2, 0.25) is 0 Å². The highest BCUT2D eigenvalue weighted by atomic mass is 79.9. The molecule has 0 aromatic heterocycles. The largest absolute Gasteiger partial charge is 0.370 e. The molecular weight excluding hydrogens is 253 g/mol. The second kappa shape index (κ2) is 3.33. The predicted molar refractivity (Wildman–Crippen MR) is 51.5 cm³/mol. The summed E-state index contributed by atoms with van der Waals surface area (Å²) in [5.41, 5.74) is 0.488. The van der Waals surface area contributed by atoms with E-state index in [1.54, 1.807) is 6.07 Å². The molecule has 14 heavy (non-hydrogen) atoms. The minimum atomic E-state index is -1.56. The molecule has 0 radical (unpaired) electrons. The van der Waals surface area contributed by atoms with Gasteiger partial charge in [0.25, 0.3) is 5.91 Å². The lowest BCUT2D eigenvalue weighted by atomic mass is 9.98. The Bertz CT molecular complexity index is 396. The maximum absolute atomic E-state index is 13.4. The van der Waals surface area contributed by atoms with E-state index < -0.39 is 18.3 Å². The first-order valence-corrected chi connectivity index (χ1v) is 4.81. The Labute approximate surface area is 88.1 Å². The van der Waals surface area contributed by atoms with Crippen LogP contribution in [0.15, 0.2) is 22.7 Å². The summed E-state index contributed by atoms with van der Waals surface area (Å²) in [5.74, 6) is -0.456. The fourth-order valence-corrected chi connectivity index (χ4v) is 1.78. The zero-order chi connectivity index (χ0) is 10.3. The van der Waals surface area contributed by atoms with Crippen LogP contribution >= 0.6 is 15.9 Å². The van der Waals surface area contributed by atoms with E-state index in [2.05, 4.69) is 21.2 Å². The molecule has 5 heteroatoms. The number of nitrogens with one attached hydrogen (secondary N) is 1. The molecular formula is C9H7BrFNO2. The summed E-state index contributed by atoms with van der Waals surface area (Å²) in [6.45, 7) is 0. The molecule has 2 atom stereocenters. The number of carbonyl (C=O) groups excluding carboxylic acids is 1. The molecule has 1 heterocycles. The molecule has 0 saturated heterocycles. The van der Waals surface area contributed by atoms with E-state index in [4.69, 9.17) is 5.11 Å². The van der Waals surface area contributed by atoms with Crippen LogP contribution in [0.1, 0.15) is 22.1 Å². The zero-order valence-corrected chi connectivity index (χ0v) is 8.58. The number of halogens is 2. The molecule has 1 aliphatic rings. The van der Waals surface area contributed by atoms with Gasteiger partial charge in [0.15, 0.2) is 12.4 Å². The minimum absolute atomic E-state index is 0.226. The van der Waals surface area contributed by atoms with Crippen LogP contribution < -0.4 is 5.32 Å². The minimum Gasteiger partial charge on any atom is -0.370 e. The third kappa shape index (κ3) is 1.42. The van der Waals surface area contributed by atoms with Crippen molar-refractivity contribution in [2.75, 3.05) is 0 Å². The van der Waals surface area contributed by atoms with E-state index in [-0.39, 0.29) is 11.1 Å². The highest BCUT2D eigenvalue weighted by molar-refractivity contribution is 9.10. The van der Waals surface area contributed by atoms with E-state index in [1.807, 2.05) is 0 Å². The second-order valence-corrected chi connectivity index (χ2v) is 3.97. The lowest BCUT2D eigenvalue weighted by Crippen LogP contribution is -2.42. The van der Waals surface area contributed by atoms with Crippen molar-refractivity contribution < 1.29 is 14.3 Å². The Kier molecular flexibility index (Phi) is 2.28. The number of aliphatic hydroxyl groups is 1. The first kappa shape index (κ1) is 9.61. The fraction of sp³-hybridized carbons (Fsp3) is 0.222. The first-order valence-electron chi connectivity index (χ1n) is 4.02. The van der Waals surface area contributed by atoms with Crippen LogP contribution in [-0.4, -0.2) is 17.2 Å². The van der Waals surface area contributed by atoms with Crippen molar-refractivity contribution in [1.29, 1.82) is 0 Å². The molecule has 3 nitrogen and oxygen atoms in total. The summed E-state index contributed by atoms with van der Waals surface area (Å²) in [4.78, 5) is 11.3. The summed E-state index contributed by atoms with van der Waals surface area (Å²) in [7, 11) is 0. The number of rotatable bonds is 0. The van der Waals surface area contributed by atoms with Gasteiger partial charge in [-0.15, -0.1) is 0 Å². The number of hydrogen-bond acceptors (Lipinski definition) is 2. The van der Waals surface area contributed by atoms with Crippen LogP contribution in [0, 0.1) is 0 Å². The lowest BCUT2D eigenvalue weighted by Gasteiger charge is -2.25. The molecule has 74 valence electrons. The summed E-state index contributed by atoms with van der Waals surface area (Å²) in [5, 5.41) is 11.3. The zero-order valence-electron chi connectivity index (χ0n) is 7.00. The molecule has 0 saturated carbocycles. The normalized spacial score (nSPS) is 25.5. The van der Waals surface area contributed by atoms with Crippen LogP contribution in [0.25, 0.3) is 0 Å². The highest BCUT2D eigenvalue weighted by Crippen LogP contribution is 2.30. The molecule has 1 aromatic rings. The molecule has 0 spiro atoms. The summed E-state index contributed by atoms with van der Waals surface area (Å²) >= 11 is 3.19. The van der Waals surface area contributed by atoms with Crippen LogP contribution in [0.2, 0.25) is 0 Å². The Morgan fingerprint density at radius 3 is 2.93 bits per heavy atom. The molecule has 1 aliphatic heterocycles. The van der Waals surface area contributed by atoms with Crippen molar-refractivity contribution in [1.82, 2.24) is 5.32 Å². The standard InChI is InChI=1S/C9H7BrFNO2/c10-4-1-2-5-6(3-4)8(13)12-9(14)7(5)11/h1-3,7,9,14H,(H,12,13). The first-order chi connectivity index (χ1) is 6.59. The van der Waals surface area contributed by atoms with Crippen molar-refractivity contribution in [3.8, 4) is 0 Å². The second-order valence-electron chi connectivity index (χ2n) is 3.05. The van der Waals surface area contributed by atoms with E-state index in [1.165, 1.54) is 12.1 Å². The number of alkyl halides is 1. The number of hydrogen-bond donors (Lipinski definition) is 2. The van der Waals surface area contributed by atoms with Gasteiger partial charge in [-0.05, 0) is 12.1 Å². The average Bonchev–Trinajstić information content (AvgIpc) is 2.14. The fourth-order valence-electron chi connectivity index (χ4n) is 1.42. The van der Waals surface area contributed by atoms with Crippen molar-refractivity contribution in [3.63, 3.8) is 0 Å². The van der Waals surface area contributed by atoms with E-state index >= 15 is 0 Å². The van der Waals surface area contributed by atoms with Crippen molar-refractivity contribution >= 4 is 21.8 Å². The van der Waals surface area contributed by atoms with Gasteiger partial charge < -0.3 is 10.4 Å². The summed E-state index contributed by atoms with van der Waals surface area (Å²) in [6.07, 6.45) is -3.01. The Balaban J connectivity index is 2.56. The molecule has 2 N–H and O–H groups in total. The van der Waals surface area contributed by atoms with Gasteiger partial charge in [-0.3, -0.25) is 4.79 Å². The maximum Gasteiger partial charge on any atom is 0.253 e. The van der Waals surface area contributed by atoms with Crippen LogP contribution in [0.3, 0.4) is 0 Å². The number of fused-ring (bicyclic) bond motifs is 1. The van der Waals surface area contributed by atoms with Gasteiger partial charge in [0.1, 0.15) is 0 Å². The third-order valence-electron chi connectivity index (χ3n) is 2.11. The number of carbonyl (C=O) groups is 1. The molecule has 0 aliphatic carbocycles. The van der Waals surface area contributed by atoms with Crippen molar-refractivity contribution in [2.24, 2.45) is 0 Å².